The number of anilines is 1. The molecular weight excluding hydrogens is 370 g/mol. The first-order valence-electron chi connectivity index (χ1n) is 9.35. The van der Waals surface area contributed by atoms with E-state index in [1.54, 1.807) is 24.2 Å². The molecular formula is C21H23N5OS. The molecule has 4 rings (SSSR count). The zero-order chi connectivity index (χ0) is 19.3. The van der Waals surface area contributed by atoms with E-state index in [1.807, 2.05) is 65.2 Å². The normalized spacial score (nSPS) is 14.3. The van der Waals surface area contributed by atoms with E-state index in [0.717, 1.165) is 35.4 Å². The summed E-state index contributed by atoms with van der Waals surface area (Å²) in [7, 11) is 1.99. The molecule has 1 aliphatic rings. The first-order valence-corrected chi connectivity index (χ1v) is 10.3. The highest BCUT2D eigenvalue weighted by Crippen LogP contribution is 2.21. The second kappa shape index (κ2) is 8.48. The van der Waals surface area contributed by atoms with E-state index in [9.17, 15) is 4.79 Å². The van der Waals surface area contributed by atoms with Crippen LogP contribution in [0.4, 0.5) is 5.82 Å². The number of hydrogen-bond donors (Lipinski definition) is 0. The van der Waals surface area contributed by atoms with Crippen molar-refractivity contribution in [3.63, 3.8) is 0 Å². The lowest BCUT2D eigenvalue weighted by molar-refractivity contribution is 0.0746. The second-order valence-corrected chi connectivity index (χ2v) is 7.72. The largest absolute Gasteiger partial charge is 0.353 e. The minimum atomic E-state index is 0.101. The van der Waals surface area contributed by atoms with Crippen molar-refractivity contribution in [2.45, 2.75) is 10.9 Å². The lowest BCUT2D eigenvalue weighted by atomic mass is 10.1. The molecule has 1 fully saturated rings. The van der Waals surface area contributed by atoms with Crippen molar-refractivity contribution in [2.75, 3.05) is 31.1 Å². The SMILES string of the molecule is Cn1ccnc1SCc1ccc(C(=O)N2CCN(c3ccccn3)CC2)cc1. The van der Waals surface area contributed by atoms with Gasteiger partial charge in [-0.3, -0.25) is 4.79 Å². The summed E-state index contributed by atoms with van der Waals surface area (Å²) in [6.07, 6.45) is 5.55. The zero-order valence-electron chi connectivity index (χ0n) is 15.9. The number of imidazole rings is 1. The number of aromatic nitrogens is 3. The monoisotopic (exact) mass is 393 g/mol. The van der Waals surface area contributed by atoms with Crippen molar-refractivity contribution >= 4 is 23.5 Å². The Balaban J connectivity index is 1.32. The number of thioether (sulfide) groups is 1. The van der Waals surface area contributed by atoms with Gasteiger partial charge in [0.15, 0.2) is 5.16 Å². The molecule has 3 heterocycles. The Hall–Kier alpha value is -2.80. The Morgan fingerprint density at radius 1 is 1.00 bits per heavy atom. The van der Waals surface area contributed by atoms with E-state index in [2.05, 4.69) is 14.9 Å². The maximum atomic E-state index is 12.8. The number of carbonyl (C=O) groups excluding carboxylic acids is 1. The third-order valence-electron chi connectivity index (χ3n) is 4.89. The standard InChI is InChI=1S/C21H23N5OS/c1-24-11-10-23-21(24)28-16-17-5-7-18(8-6-17)20(27)26-14-12-25(13-15-26)19-4-2-3-9-22-19/h2-11H,12-16H2,1H3. The van der Waals surface area contributed by atoms with Crippen LogP contribution in [0.25, 0.3) is 0 Å². The highest BCUT2D eigenvalue weighted by molar-refractivity contribution is 7.98. The average Bonchev–Trinajstić information content (AvgIpc) is 3.17. The van der Waals surface area contributed by atoms with Crippen LogP contribution in [0.15, 0.2) is 66.2 Å². The highest BCUT2D eigenvalue weighted by atomic mass is 32.2. The maximum absolute atomic E-state index is 12.8. The molecule has 28 heavy (non-hydrogen) atoms. The van der Waals surface area contributed by atoms with E-state index in [1.165, 1.54) is 5.56 Å². The first-order chi connectivity index (χ1) is 13.7. The van der Waals surface area contributed by atoms with Crippen LogP contribution in [0.3, 0.4) is 0 Å². The van der Waals surface area contributed by atoms with Gasteiger partial charge in [0.1, 0.15) is 5.82 Å². The molecule has 1 amide bonds. The Morgan fingerprint density at radius 3 is 2.43 bits per heavy atom. The van der Waals surface area contributed by atoms with Crippen LogP contribution >= 0.6 is 11.8 Å². The maximum Gasteiger partial charge on any atom is 0.253 e. The number of aryl methyl sites for hydroxylation is 1. The summed E-state index contributed by atoms with van der Waals surface area (Å²) in [4.78, 5) is 25.7. The van der Waals surface area contributed by atoms with Gasteiger partial charge in [0.05, 0.1) is 0 Å². The lowest BCUT2D eigenvalue weighted by Crippen LogP contribution is -2.49. The molecule has 0 aliphatic carbocycles. The molecule has 1 saturated heterocycles. The van der Waals surface area contributed by atoms with E-state index >= 15 is 0 Å². The molecule has 7 heteroatoms. The molecule has 1 aromatic carbocycles. The summed E-state index contributed by atoms with van der Waals surface area (Å²) in [5.41, 5.74) is 1.93. The van der Waals surface area contributed by atoms with Gasteiger partial charge in [-0.2, -0.15) is 0 Å². The Labute approximate surface area is 169 Å². The molecule has 0 radical (unpaired) electrons. The minimum Gasteiger partial charge on any atom is -0.353 e. The van der Waals surface area contributed by atoms with Crippen LogP contribution < -0.4 is 4.90 Å². The van der Waals surface area contributed by atoms with Gasteiger partial charge >= 0.3 is 0 Å². The molecule has 6 nitrogen and oxygen atoms in total. The van der Waals surface area contributed by atoms with Crippen LogP contribution in [0, 0.1) is 0 Å². The summed E-state index contributed by atoms with van der Waals surface area (Å²) >= 11 is 1.69. The fourth-order valence-corrected chi connectivity index (χ4v) is 4.13. The van der Waals surface area contributed by atoms with Crippen LogP contribution in [0.2, 0.25) is 0 Å². The van der Waals surface area contributed by atoms with Gasteiger partial charge in [-0.25, -0.2) is 9.97 Å². The second-order valence-electron chi connectivity index (χ2n) is 6.77. The summed E-state index contributed by atoms with van der Waals surface area (Å²) in [6.45, 7) is 3.04. The summed E-state index contributed by atoms with van der Waals surface area (Å²) in [5.74, 6) is 1.91. The van der Waals surface area contributed by atoms with Gasteiger partial charge in [-0.15, -0.1) is 0 Å². The number of piperazine rings is 1. The van der Waals surface area contributed by atoms with Crippen LogP contribution in [-0.2, 0) is 12.8 Å². The van der Waals surface area contributed by atoms with Gasteiger partial charge in [0.25, 0.3) is 5.91 Å². The predicted octanol–water partition coefficient (Wildman–Crippen LogP) is 3.07. The molecule has 1 aliphatic heterocycles. The molecule has 2 aromatic heterocycles. The summed E-state index contributed by atoms with van der Waals surface area (Å²) in [6, 6.07) is 13.9. The highest BCUT2D eigenvalue weighted by Gasteiger charge is 2.22. The topological polar surface area (TPSA) is 54.3 Å². The molecule has 0 saturated carbocycles. The lowest BCUT2D eigenvalue weighted by Gasteiger charge is -2.35. The van der Waals surface area contributed by atoms with E-state index < -0.39 is 0 Å². The summed E-state index contributed by atoms with van der Waals surface area (Å²) in [5, 5.41) is 0.992. The van der Waals surface area contributed by atoms with E-state index in [0.29, 0.717) is 13.1 Å². The fraction of sp³-hybridized carbons (Fsp3) is 0.286. The Bertz CT molecular complexity index is 917. The smallest absolute Gasteiger partial charge is 0.253 e. The molecule has 0 bridgehead atoms. The number of pyridine rings is 1. The van der Waals surface area contributed by atoms with Crippen LogP contribution in [-0.4, -0.2) is 51.5 Å². The van der Waals surface area contributed by atoms with Crippen molar-refractivity contribution in [3.05, 3.63) is 72.2 Å². The van der Waals surface area contributed by atoms with Gasteiger partial charge in [0.2, 0.25) is 0 Å². The number of nitrogens with zero attached hydrogens (tertiary/aromatic N) is 5. The van der Waals surface area contributed by atoms with Gasteiger partial charge in [0, 0.05) is 63.1 Å². The van der Waals surface area contributed by atoms with Crippen LogP contribution in [0.5, 0.6) is 0 Å². The van der Waals surface area contributed by atoms with Gasteiger partial charge in [-0.1, -0.05) is 30.0 Å². The van der Waals surface area contributed by atoms with E-state index in [4.69, 9.17) is 0 Å². The fourth-order valence-electron chi connectivity index (χ4n) is 3.24. The number of rotatable bonds is 5. The average molecular weight is 394 g/mol. The van der Waals surface area contributed by atoms with E-state index in [-0.39, 0.29) is 5.91 Å². The number of benzene rings is 1. The third kappa shape index (κ3) is 4.20. The molecule has 3 aromatic rings. The van der Waals surface area contributed by atoms with Gasteiger partial charge in [-0.05, 0) is 29.8 Å². The number of amides is 1. The molecule has 144 valence electrons. The predicted molar refractivity (Wildman–Crippen MR) is 112 cm³/mol. The number of hydrogen-bond acceptors (Lipinski definition) is 5. The van der Waals surface area contributed by atoms with Crippen molar-refractivity contribution in [2.24, 2.45) is 7.05 Å². The molecule has 0 unspecified atom stereocenters. The van der Waals surface area contributed by atoms with Gasteiger partial charge < -0.3 is 14.4 Å². The third-order valence-corrected chi connectivity index (χ3v) is 6.02. The van der Waals surface area contributed by atoms with Crippen molar-refractivity contribution < 1.29 is 4.79 Å². The minimum absolute atomic E-state index is 0.101. The quantitative estimate of drug-likeness (QED) is 0.624. The molecule has 0 N–H and O–H groups in total. The van der Waals surface area contributed by atoms with Crippen molar-refractivity contribution in [3.8, 4) is 0 Å². The summed E-state index contributed by atoms with van der Waals surface area (Å²) < 4.78 is 2.01. The zero-order valence-corrected chi connectivity index (χ0v) is 16.7. The van der Waals surface area contributed by atoms with Crippen LogP contribution in [0.1, 0.15) is 15.9 Å². The number of carbonyl (C=O) groups is 1. The molecule has 0 spiro atoms. The van der Waals surface area contributed by atoms with Crippen molar-refractivity contribution in [1.29, 1.82) is 0 Å². The van der Waals surface area contributed by atoms with Crippen molar-refractivity contribution in [1.82, 2.24) is 19.4 Å². The Morgan fingerprint density at radius 2 is 1.79 bits per heavy atom. The Kier molecular flexibility index (Phi) is 5.62. The molecule has 0 atom stereocenters. The first kappa shape index (κ1) is 18.6.